The second kappa shape index (κ2) is 4.39. The standard InChI is InChI=1S/C14H13ClFNO/c15-10-5-9(16)6-12-14(10)13(18)7-11(17-12)8-3-1-2-4-8/h5-8H,1-4H2,(H,17,18). The quantitative estimate of drug-likeness (QED) is 0.831. The monoisotopic (exact) mass is 265 g/mol. The van der Waals surface area contributed by atoms with Gasteiger partial charge in [0.1, 0.15) is 5.82 Å². The van der Waals surface area contributed by atoms with Crippen molar-refractivity contribution in [2.24, 2.45) is 0 Å². The number of benzene rings is 1. The van der Waals surface area contributed by atoms with Crippen LogP contribution in [0.3, 0.4) is 0 Å². The van der Waals surface area contributed by atoms with Crippen LogP contribution in [0.4, 0.5) is 4.39 Å². The molecule has 1 aliphatic rings. The lowest BCUT2D eigenvalue weighted by molar-refractivity contribution is 0.629. The van der Waals surface area contributed by atoms with Gasteiger partial charge >= 0.3 is 0 Å². The highest BCUT2D eigenvalue weighted by molar-refractivity contribution is 6.35. The molecule has 0 spiro atoms. The Balaban J connectivity index is 2.23. The predicted octanol–water partition coefficient (Wildman–Crippen LogP) is 3.98. The Morgan fingerprint density at radius 2 is 1.94 bits per heavy atom. The molecule has 0 saturated heterocycles. The molecule has 2 aromatic rings. The lowest BCUT2D eigenvalue weighted by Gasteiger charge is -2.11. The minimum Gasteiger partial charge on any atom is -0.358 e. The fraction of sp³-hybridized carbons (Fsp3) is 0.357. The third-order valence-electron chi connectivity index (χ3n) is 3.66. The molecular formula is C14H13ClFNO. The zero-order chi connectivity index (χ0) is 12.7. The van der Waals surface area contributed by atoms with E-state index >= 15 is 0 Å². The summed E-state index contributed by atoms with van der Waals surface area (Å²) in [4.78, 5) is 15.2. The Bertz CT molecular complexity index is 659. The van der Waals surface area contributed by atoms with Gasteiger partial charge in [-0.05, 0) is 30.9 Å². The molecule has 1 saturated carbocycles. The van der Waals surface area contributed by atoms with E-state index in [-0.39, 0.29) is 10.5 Å². The summed E-state index contributed by atoms with van der Waals surface area (Å²) in [5.41, 5.74) is 1.27. The van der Waals surface area contributed by atoms with Crippen LogP contribution in [0.25, 0.3) is 10.9 Å². The highest BCUT2D eigenvalue weighted by Gasteiger charge is 2.19. The van der Waals surface area contributed by atoms with Gasteiger partial charge < -0.3 is 4.98 Å². The van der Waals surface area contributed by atoms with Crippen LogP contribution in [-0.4, -0.2) is 4.98 Å². The molecule has 18 heavy (non-hydrogen) atoms. The van der Waals surface area contributed by atoms with E-state index < -0.39 is 5.82 Å². The van der Waals surface area contributed by atoms with E-state index in [1.165, 1.54) is 25.0 Å². The van der Waals surface area contributed by atoms with Crippen LogP contribution in [0.2, 0.25) is 5.02 Å². The van der Waals surface area contributed by atoms with Crippen molar-refractivity contribution in [2.45, 2.75) is 31.6 Å². The second-order valence-electron chi connectivity index (χ2n) is 4.88. The molecule has 0 amide bonds. The van der Waals surface area contributed by atoms with Crippen molar-refractivity contribution in [3.05, 3.63) is 45.0 Å². The Morgan fingerprint density at radius 3 is 2.67 bits per heavy atom. The van der Waals surface area contributed by atoms with Crippen molar-refractivity contribution in [1.29, 1.82) is 0 Å². The van der Waals surface area contributed by atoms with E-state index in [1.54, 1.807) is 6.07 Å². The van der Waals surface area contributed by atoms with E-state index in [9.17, 15) is 9.18 Å². The summed E-state index contributed by atoms with van der Waals surface area (Å²) in [6, 6.07) is 4.12. The molecule has 4 heteroatoms. The molecule has 0 bridgehead atoms. The number of fused-ring (bicyclic) bond motifs is 1. The van der Waals surface area contributed by atoms with Gasteiger partial charge in [0.2, 0.25) is 0 Å². The smallest absolute Gasteiger partial charge is 0.191 e. The molecule has 0 radical (unpaired) electrons. The van der Waals surface area contributed by atoms with Gasteiger partial charge in [0.25, 0.3) is 0 Å². The molecule has 0 aliphatic heterocycles. The van der Waals surface area contributed by atoms with Crippen LogP contribution in [0.15, 0.2) is 23.0 Å². The van der Waals surface area contributed by atoms with Gasteiger partial charge in [-0.15, -0.1) is 0 Å². The van der Waals surface area contributed by atoms with Gasteiger partial charge in [0.15, 0.2) is 5.43 Å². The first-order chi connectivity index (χ1) is 8.65. The summed E-state index contributed by atoms with van der Waals surface area (Å²) in [6.07, 6.45) is 4.55. The van der Waals surface area contributed by atoms with Crippen LogP contribution in [0.1, 0.15) is 37.3 Å². The second-order valence-corrected chi connectivity index (χ2v) is 5.29. The number of nitrogens with one attached hydrogen (secondary N) is 1. The SMILES string of the molecule is O=c1cc(C2CCCC2)[nH]c2cc(F)cc(Cl)c12. The third-order valence-corrected chi connectivity index (χ3v) is 3.96. The van der Waals surface area contributed by atoms with Crippen molar-refractivity contribution in [2.75, 3.05) is 0 Å². The minimum absolute atomic E-state index is 0.129. The van der Waals surface area contributed by atoms with Gasteiger partial charge in [-0.3, -0.25) is 4.79 Å². The third kappa shape index (κ3) is 1.93. The van der Waals surface area contributed by atoms with Gasteiger partial charge in [0, 0.05) is 11.8 Å². The van der Waals surface area contributed by atoms with Crippen LogP contribution < -0.4 is 5.43 Å². The summed E-state index contributed by atoms with van der Waals surface area (Å²) in [6.45, 7) is 0. The average Bonchev–Trinajstić information content (AvgIpc) is 2.80. The maximum Gasteiger partial charge on any atom is 0.191 e. The maximum atomic E-state index is 13.3. The number of aromatic nitrogens is 1. The van der Waals surface area contributed by atoms with Gasteiger partial charge in [-0.2, -0.15) is 0 Å². The predicted molar refractivity (Wildman–Crippen MR) is 70.7 cm³/mol. The lowest BCUT2D eigenvalue weighted by Crippen LogP contribution is -2.08. The number of H-pyrrole nitrogens is 1. The van der Waals surface area contributed by atoms with E-state index in [1.807, 2.05) is 0 Å². The van der Waals surface area contributed by atoms with Gasteiger partial charge in [-0.1, -0.05) is 24.4 Å². The van der Waals surface area contributed by atoms with Crippen LogP contribution in [0, 0.1) is 5.82 Å². The molecule has 1 fully saturated rings. The summed E-state index contributed by atoms with van der Waals surface area (Å²) in [5.74, 6) is -0.0316. The summed E-state index contributed by atoms with van der Waals surface area (Å²) in [5, 5.41) is 0.545. The first-order valence-corrected chi connectivity index (χ1v) is 6.55. The number of hydrogen-bond acceptors (Lipinski definition) is 1. The molecule has 1 N–H and O–H groups in total. The zero-order valence-electron chi connectivity index (χ0n) is 9.80. The van der Waals surface area contributed by atoms with Gasteiger partial charge in [-0.25, -0.2) is 4.39 Å². The van der Waals surface area contributed by atoms with Crippen LogP contribution in [-0.2, 0) is 0 Å². The van der Waals surface area contributed by atoms with E-state index in [4.69, 9.17) is 11.6 Å². The number of aromatic amines is 1. The van der Waals surface area contributed by atoms with Crippen LogP contribution in [0.5, 0.6) is 0 Å². The molecule has 1 aromatic heterocycles. The number of pyridine rings is 1. The Hall–Kier alpha value is -1.35. The highest BCUT2D eigenvalue weighted by atomic mass is 35.5. The molecule has 0 unspecified atom stereocenters. The highest BCUT2D eigenvalue weighted by Crippen LogP contribution is 2.33. The van der Waals surface area contributed by atoms with E-state index in [2.05, 4.69) is 4.98 Å². The summed E-state index contributed by atoms with van der Waals surface area (Å²) < 4.78 is 13.3. The number of halogens is 2. The molecule has 1 aliphatic carbocycles. The fourth-order valence-corrected chi connectivity index (χ4v) is 3.08. The summed E-state index contributed by atoms with van der Waals surface area (Å²) >= 11 is 5.92. The molecule has 0 atom stereocenters. The zero-order valence-corrected chi connectivity index (χ0v) is 10.6. The lowest BCUT2D eigenvalue weighted by atomic mass is 10.0. The topological polar surface area (TPSA) is 32.9 Å². The fourth-order valence-electron chi connectivity index (χ4n) is 2.78. The van der Waals surface area contributed by atoms with Gasteiger partial charge in [0.05, 0.1) is 15.9 Å². The minimum atomic E-state index is -0.424. The van der Waals surface area contributed by atoms with Crippen LogP contribution >= 0.6 is 11.6 Å². The number of hydrogen-bond donors (Lipinski definition) is 1. The Morgan fingerprint density at radius 1 is 1.22 bits per heavy atom. The molecule has 94 valence electrons. The summed E-state index contributed by atoms with van der Waals surface area (Å²) in [7, 11) is 0. The first-order valence-electron chi connectivity index (χ1n) is 6.17. The van der Waals surface area contributed by atoms with Crippen molar-refractivity contribution in [3.8, 4) is 0 Å². The molecular weight excluding hydrogens is 253 g/mol. The average molecular weight is 266 g/mol. The molecule has 3 rings (SSSR count). The largest absolute Gasteiger partial charge is 0.358 e. The van der Waals surface area contributed by atoms with Crippen molar-refractivity contribution >= 4 is 22.5 Å². The maximum absolute atomic E-state index is 13.3. The van der Waals surface area contributed by atoms with Crippen molar-refractivity contribution < 1.29 is 4.39 Å². The Kier molecular flexibility index (Phi) is 2.86. The Labute approximate surface area is 109 Å². The molecule has 1 heterocycles. The number of rotatable bonds is 1. The van der Waals surface area contributed by atoms with Crippen molar-refractivity contribution in [1.82, 2.24) is 4.98 Å². The molecule has 2 nitrogen and oxygen atoms in total. The van der Waals surface area contributed by atoms with E-state index in [0.29, 0.717) is 16.8 Å². The van der Waals surface area contributed by atoms with E-state index in [0.717, 1.165) is 18.5 Å². The first kappa shape index (κ1) is 11.7. The normalized spacial score (nSPS) is 16.6. The molecule has 1 aromatic carbocycles. The van der Waals surface area contributed by atoms with Crippen molar-refractivity contribution in [3.63, 3.8) is 0 Å².